The molecule has 0 bridgehead atoms. The highest BCUT2D eigenvalue weighted by Gasteiger charge is 2.19. The summed E-state index contributed by atoms with van der Waals surface area (Å²) in [7, 11) is 0. The van der Waals surface area contributed by atoms with Gasteiger partial charge in [-0.05, 0) is 31.2 Å². The van der Waals surface area contributed by atoms with Gasteiger partial charge in [-0.1, -0.05) is 60.2 Å². The van der Waals surface area contributed by atoms with Crippen LogP contribution in [0.2, 0.25) is 0 Å². The molecule has 0 unspecified atom stereocenters. The van der Waals surface area contributed by atoms with Crippen LogP contribution < -0.4 is 10.7 Å². The highest BCUT2D eigenvalue weighted by atomic mass is 16.3. The van der Waals surface area contributed by atoms with Gasteiger partial charge in [-0.25, -0.2) is 15.0 Å². The first-order valence-electron chi connectivity index (χ1n) is 9.37. The number of fused-ring (bicyclic) bond motifs is 1. The number of aromatic hydroxyl groups is 1. The van der Waals surface area contributed by atoms with Crippen molar-refractivity contribution in [3.63, 3.8) is 0 Å². The zero-order chi connectivity index (χ0) is 19.8. The summed E-state index contributed by atoms with van der Waals surface area (Å²) >= 11 is 0. The molecule has 1 N–H and O–H groups in total. The first-order chi connectivity index (χ1) is 14.2. The highest BCUT2D eigenvalue weighted by Crippen LogP contribution is 2.32. The minimum atomic E-state index is 0.0570. The third-order valence-corrected chi connectivity index (χ3v) is 4.82. The monoisotopic (exact) mass is 378 g/mol. The Balaban J connectivity index is 1.69. The van der Waals surface area contributed by atoms with Crippen molar-refractivity contribution in [2.24, 2.45) is 9.98 Å². The molecule has 0 atom stereocenters. The van der Waals surface area contributed by atoms with Crippen molar-refractivity contribution in [3.05, 3.63) is 107 Å². The summed E-state index contributed by atoms with van der Waals surface area (Å²) in [5.41, 5.74) is 3.34. The normalized spacial score (nSPS) is 12.2. The van der Waals surface area contributed by atoms with Gasteiger partial charge in [-0.15, -0.1) is 0 Å². The maximum atomic E-state index is 11.0. The van der Waals surface area contributed by atoms with Crippen molar-refractivity contribution >= 4 is 6.08 Å². The van der Waals surface area contributed by atoms with Crippen molar-refractivity contribution in [3.8, 4) is 23.0 Å². The van der Waals surface area contributed by atoms with Crippen LogP contribution in [0.5, 0.6) is 5.88 Å². The number of para-hydroxylation sites is 2. The summed E-state index contributed by atoms with van der Waals surface area (Å²) in [6, 6.07) is 25.5. The SMILES string of the molecule is Cc1ccc(-n2c(-c3ccccc3)nc(C=C3N=c4ccccc4=N3)c2O)cc1. The van der Waals surface area contributed by atoms with Crippen LogP contribution in [0.4, 0.5) is 0 Å². The van der Waals surface area contributed by atoms with Gasteiger partial charge in [0.25, 0.3) is 0 Å². The van der Waals surface area contributed by atoms with Gasteiger partial charge in [-0.3, -0.25) is 4.57 Å². The molecule has 2 heterocycles. The minimum absolute atomic E-state index is 0.0570. The van der Waals surface area contributed by atoms with Gasteiger partial charge in [0.1, 0.15) is 11.5 Å². The number of imidazole rings is 1. The van der Waals surface area contributed by atoms with Gasteiger partial charge < -0.3 is 5.11 Å². The molecule has 1 aromatic heterocycles. The molecule has 0 spiro atoms. The zero-order valence-electron chi connectivity index (χ0n) is 15.8. The van der Waals surface area contributed by atoms with E-state index in [0.717, 1.165) is 27.5 Å². The lowest BCUT2D eigenvalue weighted by molar-refractivity contribution is 0.442. The van der Waals surface area contributed by atoms with E-state index in [1.54, 1.807) is 10.6 Å². The molecule has 5 nitrogen and oxygen atoms in total. The van der Waals surface area contributed by atoms with Crippen LogP contribution >= 0.6 is 0 Å². The van der Waals surface area contributed by atoms with Crippen molar-refractivity contribution < 1.29 is 5.11 Å². The number of aromatic nitrogens is 2. The van der Waals surface area contributed by atoms with Crippen molar-refractivity contribution in [2.45, 2.75) is 6.92 Å². The van der Waals surface area contributed by atoms with E-state index in [1.165, 1.54) is 0 Å². The Hall–Kier alpha value is -3.99. The molecular weight excluding hydrogens is 360 g/mol. The van der Waals surface area contributed by atoms with Gasteiger partial charge in [0.05, 0.1) is 16.4 Å². The largest absolute Gasteiger partial charge is 0.493 e. The molecule has 0 saturated heterocycles. The second kappa shape index (κ2) is 6.87. The van der Waals surface area contributed by atoms with E-state index in [1.807, 2.05) is 85.8 Å². The Morgan fingerprint density at radius 3 is 2.07 bits per heavy atom. The van der Waals surface area contributed by atoms with Crippen molar-refractivity contribution in [2.75, 3.05) is 0 Å². The maximum Gasteiger partial charge on any atom is 0.224 e. The highest BCUT2D eigenvalue weighted by molar-refractivity contribution is 5.67. The van der Waals surface area contributed by atoms with Crippen molar-refractivity contribution in [1.29, 1.82) is 0 Å². The molecule has 0 aliphatic carbocycles. The van der Waals surface area contributed by atoms with Gasteiger partial charge in [0.15, 0.2) is 5.82 Å². The molecule has 5 rings (SSSR count). The fraction of sp³-hybridized carbons (Fsp3) is 0.0417. The average molecular weight is 378 g/mol. The molecule has 5 heteroatoms. The van der Waals surface area contributed by atoms with Crippen LogP contribution in [-0.4, -0.2) is 14.7 Å². The maximum absolute atomic E-state index is 11.0. The third-order valence-electron chi connectivity index (χ3n) is 4.82. The van der Waals surface area contributed by atoms with E-state index in [9.17, 15) is 5.11 Å². The Bertz CT molecular complexity index is 1310. The molecule has 0 amide bonds. The van der Waals surface area contributed by atoms with E-state index >= 15 is 0 Å². The number of rotatable bonds is 3. The topological polar surface area (TPSA) is 62.8 Å². The number of hydrogen-bond donors (Lipinski definition) is 1. The second-order valence-corrected chi connectivity index (χ2v) is 6.90. The predicted octanol–water partition coefficient (Wildman–Crippen LogP) is 3.80. The van der Waals surface area contributed by atoms with Crippen molar-refractivity contribution in [1.82, 2.24) is 9.55 Å². The molecule has 29 heavy (non-hydrogen) atoms. The van der Waals surface area contributed by atoms with Gasteiger partial charge >= 0.3 is 0 Å². The molecular formula is C24H18N4O. The van der Waals surface area contributed by atoms with Crippen LogP contribution in [-0.2, 0) is 0 Å². The zero-order valence-corrected chi connectivity index (χ0v) is 15.8. The lowest BCUT2D eigenvalue weighted by atomic mass is 10.2. The lowest BCUT2D eigenvalue weighted by Gasteiger charge is -2.09. The van der Waals surface area contributed by atoms with Gasteiger partial charge in [-0.2, -0.15) is 0 Å². The number of benzene rings is 3. The molecule has 0 fully saturated rings. The summed E-state index contributed by atoms with van der Waals surface area (Å²) in [5, 5.41) is 12.7. The van der Waals surface area contributed by atoms with Gasteiger partial charge in [0, 0.05) is 11.6 Å². The fourth-order valence-corrected chi connectivity index (χ4v) is 3.36. The molecule has 1 aliphatic heterocycles. The first-order valence-corrected chi connectivity index (χ1v) is 9.37. The quantitative estimate of drug-likeness (QED) is 0.589. The van der Waals surface area contributed by atoms with E-state index in [-0.39, 0.29) is 5.88 Å². The Morgan fingerprint density at radius 1 is 0.793 bits per heavy atom. The summed E-state index contributed by atoms with van der Waals surface area (Å²) in [5.74, 6) is 1.24. The second-order valence-electron chi connectivity index (χ2n) is 6.90. The summed E-state index contributed by atoms with van der Waals surface area (Å²) < 4.78 is 1.75. The summed E-state index contributed by atoms with van der Waals surface area (Å²) in [6.45, 7) is 2.03. The molecule has 140 valence electrons. The Kier molecular flexibility index (Phi) is 4.06. The summed E-state index contributed by atoms with van der Waals surface area (Å²) in [4.78, 5) is 13.8. The van der Waals surface area contributed by atoms with Crippen LogP contribution in [0.3, 0.4) is 0 Å². The third kappa shape index (κ3) is 3.12. The fourth-order valence-electron chi connectivity index (χ4n) is 3.36. The van der Waals surface area contributed by atoms with Crippen LogP contribution in [0, 0.1) is 6.92 Å². The Morgan fingerprint density at radius 2 is 1.41 bits per heavy atom. The van der Waals surface area contributed by atoms with E-state index in [4.69, 9.17) is 4.98 Å². The minimum Gasteiger partial charge on any atom is -0.493 e. The standard InChI is InChI=1S/C24H18N4O/c1-16-11-13-18(14-12-16)28-23(17-7-3-2-4-8-17)27-21(24(28)29)15-22-25-19-9-5-6-10-20(19)26-22/h2-15,29H,1H3. The smallest absolute Gasteiger partial charge is 0.224 e. The van der Waals surface area contributed by atoms with E-state index in [0.29, 0.717) is 17.3 Å². The van der Waals surface area contributed by atoms with E-state index < -0.39 is 0 Å². The van der Waals surface area contributed by atoms with E-state index in [2.05, 4.69) is 9.98 Å². The molecule has 4 aromatic rings. The predicted molar refractivity (Wildman–Crippen MR) is 112 cm³/mol. The summed E-state index contributed by atoms with van der Waals surface area (Å²) in [6.07, 6.45) is 1.71. The number of hydrogen-bond acceptors (Lipinski definition) is 4. The van der Waals surface area contributed by atoms with Crippen LogP contribution in [0.1, 0.15) is 11.3 Å². The molecule has 3 aromatic carbocycles. The molecule has 0 saturated carbocycles. The number of aryl methyl sites for hydroxylation is 1. The lowest BCUT2D eigenvalue weighted by Crippen LogP contribution is -2.19. The molecule has 1 aliphatic rings. The molecule has 0 radical (unpaired) electrons. The average Bonchev–Trinajstić information content (AvgIpc) is 3.30. The van der Waals surface area contributed by atoms with Crippen LogP contribution in [0.25, 0.3) is 23.2 Å². The van der Waals surface area contributed by atoms with Gasteiger partial charge in [0.2, 0.25) is 5.88 Å². The number of nitrogens with zero attached hydrogens (tertiary/aromatic N) is 4. The first kappa shape index (κ1) is 17.1. The van der Waals surface area contributed by atoms with Crippen LogP contribution in [0.15, 0.2) is 94.7 Å². The Labute approximate surface area is 167 Å².